The van der Waals surface area contributed by atoms with Crippen LogP contribution in [0.5, 0.6) is 11.5 Å². The molecule has 126 valence electrons. The molecule has 0 spiro atoms. The highest BCUT2D eigenvalue weighted by Crippen LogP contribution is 2.28. The van der Waals surface area contributed by atoms with Gasteiger partial charge in [-0.1, -0.05) is 25.6 Å². The standard InChI is InChI=1S/C17H23NO4S/c1-4-11-22-15-8-6-14(13-16(15)21-3)7-9-17(19)18-10-12-23(20)5-2/h4,6-9,13H,1,5,10-12H2,2-3H3,(H,18,19)/b9-7+. The molecule has 0 fully saturated rings. The molecule has 0 saturated heterocycles. The molecule has 0 saturated carbocycles. The van der Waals surface area contributed by atoms with E-state index in [1.807, 2.05) is 13.0 Å². The summed E-state index contributed by atoms with van der Waals surface area (Å²) in [5.41, 5.74) is 0.820. The van der Waals surface area contributed by atoms with Gasteiger partial charge in [0.05, 0.1) is 7.11 Å². The summed E-state index contributed by atoms with van der Waals surface area (Å²) in [5.74, 6) is 2.07. The van der Waals surface area contributed by atoms with Crippen LogP contribution in [0.15, 0.2) is 36.9 Å². The smallest absolute Gasteiger partial charge is 0.244 e. The monoisotopic (exact) mass is 337 g/mol. The highest BCUT2D eigenvalue weighted by Gasteiger charge is 2.04. The first kappa shape index (κ1) is 19.0. The molecule has 0 radical (unpaired) electrons. The number of hydrogen-bond donors (Lipinski definition) is 1. The van der Waals surface area contributed by atoms with Gasteiger partial charge in [-0.05, 0) is 23.8 Å². The van der Waals surface area contributed by atoms with Crippen molar-refractivity contribution in [1.29, 1.82) is 0 Å². The molecule has 1 aromatic rings. The molecular formula is C17H23NO4S. The van der Waals surface area contributed by atoms with Gasteiger partial charge in [-0.25, -0.2) is 0 Å². The molecule has 0 aromatic heterocycles. The molecule has 0 aliphatic heterocycles. The van der Waals surface area contributed by atoms with Crippen molar-refractivity contribution in [2.45, 2.75) is 6.92 Å². The van der Waals surface area contributed by atoms with Gasteiger partial charge in [0.25, 0.3) is 0 Å². The Morgan fingerprint density at radius 2 is 2.17 bits per heavy atom. The summed E-state index contributed by atoms with van der Waals surface area (Å²) < 4.78 is 22.0. The Hall–Kier alpha value is -2.08. The Bertz CT molecular complexity index is 584. The van der Waals surface area contributed by atoms with Crippen molar-refractivity contribution in [3.63, 3.8) is 0 Å². The minimum absolute atomic E-state index is 0.218. The first-order valence-corrected chi connectivity index (χ1v) is 8.82. The lowest BCUT2D eigenvalue weighted by atomic mass is 10.2. The second-order valence-electron chi connectivity index (χ2n) is 4.57. The van der Waals surface area contributed by atoms with Crippen molar-refractivity contribution in [2.75, 3.05) is 31.8 Å². The van der Waals surface area contributed by atoms with Crippen molar-refractivity contribution < 1.29 is 18.5 Å². The van der Waals surface area contributed by atoms with E-state index in [0.29, 0.717) is 36.2 Å². The van der Waals surface area contributed by atoms with Gasteiger partial charge in [-0.3, -0.25) is 9.00 Å². The van der Waals surface area contributed by atoms with E-state index in [-0.39, 0.29) is 5.91 Å². The zero-order chi connectivity index (χ0) is 17.1. The predicted octanol–water partition coefficient (Wildman–Crippen LogP) is 2.16. The van der Waals surface area contributed by atoms with Crippen LogP contribution >= 0.6 is 0 Å². The third kappa shape index (κ3) is 7.15. The highest BCUT2D eigenvalue weighted by molar-refractivity contribution is 7.84. The molecule has 0 heterocycles. The molecule has 0 bridgehead atoms. The average Bonchev–Trinajstić information content (AvgIpc) is 2.58. The number of amides is 1. The molecule has 1 atom stereocenters. The lowest BCUT2D eigenvalue weighted by Gasteiger charge is -2.09. The molecule has 1 N–H and O–H groups in total. The Balaban J connectivity index is 2.60. The number of hydrogen-bond acceptors (Lipinski definition) is 4. The van der Waals surface area contributed by atoms with Crippen LogP contribution < -0.4 is 14.8 Å². The zero-order valence-corrected chi connectivity index (χ0v) is 14.4. The van der Waals surface area contributed by atoms with E-state index in [0.717, 1.165) is 5.56 Å². The summed E-state index contributed by atoms with van der Waals surface area (Å²) in [6.45, 7) is 6.25. The number of benzene rings is 1. The van der Waals surface area contributed by atoms with Crippen molar-refractivity contribution in [3.8, 4) is 11.5 Å². The van der Waals surface area contributed by atoms with E-state index < -0.39 is 10.8 Å². The maximum atomic E-state index is 11.7. The average molecular weight is 337 g/mol. The number of rotatable bonds is 10. The van der Waals surface area contributed by atoms with Gasteiger partial charge in [0, 0.05) is 34.9 Å². The largest absolute Gasteiger partial charge is 0.493 e. The quantitative estimate of drug-likeness (QED) is 0.525. The van der Waals surface area contributed by atoms with Crippen LogP contribution in [0.1, 0.15) is 12.5 Å². The van der Waals surface area contributed by atoms with Gasteiger partial charge in [-0.15, -0.1) is 0 Å². The number of carbonyl (C=O) groups is 1. The Labute approximate surface area is 139 Å². The Morgan fingerprint density at radius 1 is 1.39 bits per heavy atom. The molecule has 1 unspecified atom stereocenters. The SMILES string of the molecule is C=CCOc1ccc(/C=C/C(=O)NCCS(=O)CC)cc1OC. The van der Waals surface area contributed by atoms with Crippen LogP contribution in [0, 0.1) is 0 Å². The van der Waals surface area contributed by atoms with E-state index >= 15 is 0 Å². The van der Waals surface area contributed by atoms with Crippen LogP contribution in [0.25, 0.3) is 6.08 Å². The third-order valence-corrected chi connectivity index (χ3v) is 4.23. The van der Waals surface area contributed by atoms with E-state index in [4.69, 9.17) is 9.47 Å². The van der Waals surface area contributed by atoms with E-state index in [2.05, 4.69) is 11.9 Å². The minimum Gasteiger partial charge on any atom is -0.493 e. The summed E-state index contributed by atoms with van der Waals surface area (Å²) in [6, 6.07) is 5.40. The summed E-state index contributed by atoms with van der Waals surface area (Å²) in [5, 5.41) is 2.70. The van der Waals surface area contributed by atoms with Gasteiger partial charge in [-0.2, -0.15) is 0 Å². The fourth-order valence-corrected chi connectivity index (χ4v) is 2.34. The zero-order valence-electron chi connectivity index (χ0n) is 13.5. The first-order valence-electron chi connectivity index (χ1n) is 7.33. The topological polar surface area (TPSA) is 64.6 Å². The Kier molecular flexibility index (Phi) is 8.75. The lowest BCUT2D eigenvalue weighted by molar-refractivity contribution is -0.116. The lowest BCUT2D eigenvalue weighted by Crippen LogP contribution is -2.26. The fraction of sp³-hybridized carbons (Fsp3) is 0.353. The predicted molar refractivity (Wildman–Crippen MR) is 94.3 cm³/mol. The highest BCUT2D eigenvalue weighted by atomic mass is 32.2. The van der Waals surface area contributed by atoms with Gasteiger partial charge < -0.3 is 14.8 Å². The van der Waals surface area contributed by atoms with Crippen LogP contribution in [-0.2, 0) is 15.6 Å². The van der Waals surface area contributed by atoms with Crippen molar-refractivity contribution in [3.05, 3.63) is 42.5 Å². The Morgan fingerprint density at radius 3 is 2.83 bits per heavy atom. The minimum atomic E-state index is -0.870. The number of methoxy groups -OCH3 is 1. The van der Waals surface area contributed by atoms with Crippen LogP contribution in [0.2, 0.25) is 0 Å². The molecule has 0 aliphatic rings. The van der Waals surface area contributed by atoms with Gasteiger partial charge in [0.1, 0.15) is 6.61 Å². The number of nitrogens with one attached hydrogen (secondary N) is 1. The van der Waals surface area contributed by atoms with E-state index in [9.17, 15) is 9.00 Å². The first-order chi connectivity index (χ1) is 11.1. The maximum Gasteiger partial charge on any atom is 0.244 e. The number of carbonyl (C=O) groups excluding carboxylic acids is 1. The van der Waals surface area contributed by atoms with Gasteiger partial charge >= 0.3 is 0 Å². The summed E-state index contributed by atoms with van der Waals surface area (Å²) >= 11 is 0. The van der Waals surface area contributed by atoms with E-state index in [1.54, 1.807) is 31.4 Å². The maximum absolute atomic E-state index is 11.7. The second-order valence-corrected chi connectivity index (χ2v) is 6.43. The summed E-state index contributed by atoms with van der Waals surface area (Å²) in [4.78, 5) is 11.7. The van der Waals surface area contributed by atoms with Crippen molar-refractivity contribution in [2.24, 2.45) is 0 Å². The summed E-state index contributed by atoms with van der Waals surface area (Å²) in [7, 11) is 0.690. The van der Waals surface area contributed by atoms with Crippen LogP contribution in [-0.4, -0.2) is 41.9 Å². The van der Waals surface area contributed by atoms with Crippen LogP contribution in [0.3, 0.4) is 0 Å². The van der Waals surface area contributed by atoms with Crippen LogP contribution in [0.4, 0.5) is 0 Å². The molecule has 1 rings (SSSR count). The molecule has 1 aromatic carbocycles. The molecule has 23 heavy (non-hydrogen) atoms. The van der Waals surface area contributed by atoms with Gasteiger partial charge in [0.2, 0.25) is 5.91 Å². The summed E-state index contributed by atoms with van der Waals surface area (Å²) in [6.07, 6.45) is 4.78. The van der Waals surface area contributed by atoms with Crippen molar-refractivity contribution in [1.82, 2.24) is 5.32 Å². The third-order valence-electron chi connectivity index (χ3n) is 2.92. The number of ether oxygens (including phenoxy) is 2. The van der Waals surface area contributed by atoms with Crippen molar-refractivity contribution >= 4 is 22.8 Å². The molecule has 1 amide bonds. The molecular weight excluding hydrogens is 314 g/mol. The molecule has 0 aliphatic carbocycles. The molecule has 6 heteroatoms. The van der Waals surface area contributed by atoms with Gasteiger partial charge in [0.15, 0.2) is 11.5 Å². The normalized spacial score (nSPS) is 11.9. The fourth-order valence-electron chi connectivity index (χ4n) is 1.72. The second kappa shape index (κ2) is 10.6. The van der Waals surface area contributed by atoms with E-state index in [1.165, 1.54) is 6.08 Å². The molecule has 5 nitrogen and oxygen atoms in total.